The largest absolute Gasteiger partial charge is 0.485 e. The van der Waals surface area contributed by atoms with Gasteiger partial charge in [-0.05, 0) is 29.2 Å². The number of anilines is 1. The molecule has 134 valence electrons. The van der Waals surface area contributed by atoms with Gasteiger partial charge < -0.3 is 14.8 Å². The first-order valence-corrected chi connectivity index (χ1v) is 8.47. The highest BCUT2D eigenvalue weighted by Gasteiger charge is 2.78. The molecule has 2 aliphatic heterocycles. The summed E-state index contributed by atoms with van der Waals surface area (Å²) in [6.45, 7) is 0. The van der Waals surface area contributed by atoms with Crippen molar-refractivity contribution in [1.29, 1.82) is 0 Å². The molecule has 9 nitrogen and oxygen atoms in total. The molecule has 0 radical (unpaired) electrons. The van der Waals surface area contributed by atoms with E-state index in [1.54, 1.807) is 6.07 Å². The molecule has 1 fully saturated rings. The van der Waals surface area contributed by atoms with Crippen molar-refractivity contribution in [3.63, 3.8) is 0 Å². The Morgan fingerprint density at radius 3 is 3.07 bits per heavy atom. The Balaban J connectivity index is 1.56. The first-order chi connectivity index (χ1) is 13.1. The van der Waals surface area contributed by atoms with Crippen molar-refractivity contribution in [3.8, 4) is 11.5 Å². The van der Waals surface area contributed by atoms with E-state index in [2.05, 4.69) is 20.3 Å². The molecule has 1 N–H and O–H groups in total. The van der Waals surface area contributed by atoms with Crippen molar-refractivity contribution in [1.82, 2.24) is 4.98 Å². The van der Waals surface area contributed by atoms with Crippen LogP contribution in [-0.2, 0) is 16.0 Å². The minimum atomic E-state index is -1.41. The minimum Gasteiger partial charge on any atom is -0.485 e. The lowest BCUT2D eigenvalue weighted by Gasteiger charge is -2.24. The van der Waals surface area contributed by atoms with Gasteiger partial charge in [0.2, 0.25) is 11.5 Å². The number of nitrogens with zero attached hydrogens (tertiary/aromatic N) is 4. The molecule has 1 aromatic carbocycles. The van der Waals surface area contributed by atoms with Crippen molar-refractivity contribution in [2.45, 2.75) is 30.5 Å². The van der Waals surface area contributed by atoms with Gasteiger partial charge in [-0.15, -0.1) is 0 Å². The molecule has 1 aliphatic carbocycles. The number of carbonyl (C=O) groups excluding carboxylic acids is 2. The Hall–Kier alpha value is -3.58. The number of hydrogen-bond donors (Lipinski definition) is 1. The number of aromatic nitrogens is 1. The van der Waals surface area contributed by atoms with Gasteiger partial charge in [0, 0.05) is 28.7 Å². The number of pyridine rings is 1. The predicted octanol–water partition coefficient (Wildman–Crippen LogP) is 2.48. The Bertz CT molecular complexity index is 1050. The monoisotopic (exact) mass is 363 g/mol. The lowest BCUT2D eigenvalue weighted by atomic mass is 10.0. The normalized spacial score (nSPS) is 26.4. The van der Waals surface area contributed by atoms with Gasteiger partial charge in [0.05, 0.1) is 5.92 Å². The number of para-hydroxylation sites is 1. The Morgan fingerprint density at radius 1 is 1.37 bits per heavy atom. The van der Waals surface area contributed by atoms with Gasteiger partial charge in [0.25, 0.3) is 5.91 Å². The van der Waals surface area contributed by atoms with Crippen LogP contribution in [0.25, 0.3) is 10.4 Å². The van der Waals surface area contributed by atoms with Crippen LogP contribution in [-0.4, -0.2) is 28.5 Å². The number of rotatable bonds is 3. The maximum Gasteiger partial charge on any atom is 0.267 e. The third-order valence-corrected chi connectivity index (χ3v) is 5.21. The summed E-state index contributed by atoms with van der Waals surface area (Å²) in [5, 5.41) is 5.98. The Labute approximate surface area is 152 Å². The van der Waals surface area contributed by atoms with E-state index in [0.29, 0.717) is 35.7 Å². The van der Waals surface area contributed by atoms with Crippen molar-refractivity contribution in [2.75, 3.05) is 5.32 Å². The SMILES string of the molecule is [N-]=[N+]=NC(=O)[C@]1(Oc2ccnc3c2CCC(=O)N3)[C@@H]2Oc3ccccc3[C@@H]21. The minimum absolute atomic E-state index is 0.118. The molecule has 2 aromatic rings. The fraction of sp³-hybridized carbons (Fsp3) is 0.278. The fourth-order valence-electron chi connectivity index (χ4n) is 3.94. The molecular weight excluding hydrogens is 350 g/mol. The number of ether oxygens (including phenoxy) is 2. The quantitative estimate of drug-likeness (QED) is 0.509. The molecule has 0 spiro atoms. The van der Waals surface area contributed by atoms with Crippen LogP contribution in [0.4, 0.5) is 5.82 Å². The first-order valence-electron chi connectivity index (χ1n) is 8.47. The zero-order valence-corrected chi connectivity index (χ0v) is 14.0. The van der Waals surface area contributed by atoms with Crippen molar-refractivity contribution in [2.24, 2.45) is 5.11 Å². The van der Waals surface area contributed by atoms with E-state index >= 15 is 0 Å². The summed E-state index contributed by atoms with van der Waals surface area (Å²) in [6, 6.07) is 9.05. The summed E-state index contributed by atoms with van der Waals surface area (Å²) < 4.78 is 12.0. The molecule has 1 saturated carbocycles. The molecule has 0 unspecified atom stereocenters. The molecule has 3 atom stereocenters. The zero-order valence-electron chi connectivity index (χ0n) is 14.0. The topological polar surface area (TPSA) is 126 Å². The van der Waals surface area contributed by atoms with E-state index in [9.17, 15) is 9.59 Å². The molecule has 2 amide bonds. The second-order valence-electron chi connectivity index (χ2n) is 6.63. The van der Waals surface area contributed by atoms with Gasteiger partial charge in [-0.1, -0.05) is 18.2 Å². The van der Waals surface area contributed by atoms with Crippen LogP contribution in [0.5, 0.6) is 11.5 Å². The molecule has 5 rings (SSSR count). The summed E-state index contributed by atoms with van der Waals surface area (Å²) >= 11 is 0. The van der Waals surface area contributed by atoms with Crippen molar-refractivity contribution < 1.29 is 19.1 Å². The highest BCUT2D eigenvalue weighted by atomic mass is 16.6. The number of benzene rings is 1. The van der Waals surface area contributed by atoms with E-state index in [0.717, 1.165) is 5.56 Å². The summed E-state index contributed by atoms with van der Waals surface area (Å²) in [7, 11) is 0. The summed E-state index contributed by atoms with van der Waals surface area (Å²) in [4.78, 5) is 31.1. The summed E-state index contributed by atoms with van der Waals surface area (Å²) in [6.07, 6.45) is 1.69. The van der Waals surface area contributed by atoms with E-state index < -0.39 is 17.6 Å². The molecule has 0 bridgehead atoms. The van der Waals surface area contributed by atoms with Crippen LogP contribution >= 0.6 is 0 Å². The summed E-state index contributed by atoms with van der Waals surface area (Å²) in [5.74, 6) is 0.352. The average Bonchev–Trinajstić information content (AvgIpc) is 3.11. The maximum absolute atomic E-state index is 12.7. The van der Waals surface area contributed by atoms with E-state index in [-0.39, 0.29) is 11.8 Å². The number of hydrogen-bond acceptors (Lipinski definition) is 5. The smallest absolute Gasteiger partial charge is 0.267 e. The Morgan fingerprint density at radius 2 is 2.22 bits per heavy atom. The van der Waals surface area contributed by atoms with Crippen molar-refractivity contribution >= 4 is 17.6 Å². The van der Waals surface area contributed by atoms with E-state index in [1.807, 2.05) is 24.3 Å². The lowest BCUT2D eigenvalue weighted by Crippen LogP contribution is -2.36. The van der Waals surface area contributed by atoms with Crippen LogP contribution in [0.2, 0.25) is 0 Å². The van der Waals surface area contributed by atoms with Crippen molar-refractivity contribution in [3.05, 3.63) is 58.1 Å². The number of azide groups is 1. The number of carbonyl (C=O) groups is 2. The number of nitrogens with one attached hydrogen (secondary N) is 1. The van der Waals surface area contributed by atoms with Gasteiger partial charge in [0.15, 0.2) is 6.10 Å². The Kier molecular flexibility index (Phi) is 3.16. The van der Waals surface area contributed by atoms with Gasteiger partial charge in [-0.3, -0.25) is 9.59 Å². The molecule has 0 saturated heterocycles. The van der Waals surface area contributed by atoms with Gasteiger partial charge >= 0.3 is 0 Å². The molecule has 1 aromatic heterocycles. The molecular formula is C18H13N5O4. The van der Waals surface area contributed by atoms with Crippen LogP contribution in [0.3, 0.4) is 0 Å². The predicted molar refractivity (Wildman–Crippen MR) is 92.3 cm³/mol. The zero-order chi connectivity index (χ0) is 18.6. The number of fused-ring (bicyclic) bond motifs is 4. The average molecular weight is 363 g/mol. The van der Waals surface area contributed by atoms with E-state index in [1.165, 1.54) is 6.20 Å². The highest BCUT2D eigenvalue weighted by molar-refractivity contribution is 5.95. The highest BCUT2D eigenvalue weighted by Crippen LogP contribution is 2.63. The molecule has 27 heavy (non-hydrogen) atoms. The van der Waals surface area contributed by atoms with Crippen LogP contribution in [0, 0.1) is 0 Å². The van der Waals surface area contributed by atoms with Gasteiger partial charge in [-0.2, -0.15) is 0 Å². The molecule has 9 heteroatoms. The third kappa shape index (κ3) is 2.12. The van der Waals surface area contributed by atoms with E-state index in [4.69, 9.17) is 15.0 Å². The van der Waals surface area contributed by atoms with Crippen LogP contribution in [0.15, 0.2) is 41.6 Å². The van der Waals surface area contributed by atoms with Crippen LogP contribution < -0.4 is 14.8 Å². The molecule has 3 aliphatic rings. The van der Waals surface area contributed by atoms with Gasteiger partial charge in [-0.25, -0.2) is 4.98 Å². The second kappa shape index (κ2) is 5.46. The molecule has 3 heterocycles. The number of amides is 2. The van der Waals surface area contributed by atoms with Gasteiger partial charge in [0.1, 0.15) is 17.3 Å². The maximum atomic E-state index is 12.7. The fourth-order valence-corrected chi connectivity index (χ4v) is 3.94. The van der Waals surface area contributed by atoms with Crippen LogP contribution in [0.1, 0.15) is 23.5 Å². The standard InChI is InChI=1S/C18H13N5O4/c19-23-22-17(25)18(14-9-3-1-2-4-11(9)26-15(14)18)27-12-7-8-20-16-10(12)5-6-13(24)21-16/h1-4,7-8,14-15H,5-6H2,(H,20,21,24)/t14-,15+,18+/m0/s1. The third-order valence-electron chi connectivity index (χ3n) is 5.21. The summed E-state index contributed by atoms with van der Waals surface area (Å²) in [5.41, 5.74) is 8.91. The lowest BCUT2D eigenvalue weighted by molar-refractivity contribution is -0.128. The first kappa shape index (κ1) is 15.7. The second-order valence-corrected chi connectivity index (χ2v) is 6.63.